The van der Waals surface area contributed by atoms with E-state index >= 15 is 0 Å². The smallest absolute Gasteiger partial charge is 0.251 e. The van der Waals surface area contributed by atoms with Crippen LogP contribution >= 0.6 is 11.6 Å². The van der Waals surface area contributed by atoms with Gasteiger partial charge in [-0.2, -0.15) is 0 Å². The van der Waals surface area contributed by atoms with Gasteiger partial charge in [0, 0.05) is 12.3 Å². The molecule has 1 aliphatic rings. The number of aliphatic hydroxyl groups is 1. The van der Waals surface area contributed by atoms with E-state index in [4.69, 9.17) is 21.1 Å². The molecule has 1 atom stereocenters. The van der Waals surface area contributed by atoms with Gasteiger partial charge in [0.05, 0.1) is 49.0 Å². The van der Waals surface area contributed by atoms with Crippen LogP contribution in [-0.4, -0.2) is 67.7 Å². The number of carbonyl (C=O) groups excluding carboxylic acids is 1. The number of nitrogens with zero attached hydrogens (tertiary/aromatic N) is 5. The van der Waals surface area contributed by atoms with Gasteiger partial charge in [0.1, 0.15) is 35.0 Å². The number of likely N-dealkylation sites (tertiary alicyclic amines) is 1. The van der Waals surface area contributed by atoms with Crippen LogP contribution in [0.15, 0.2) is 55.0 Å². The van der Waals surface area contributed by atoms with Gasteiger partial charge in [-0.05, 0) is 31.2 Å². The first-order valence-electron chi connectivity index (χ1n) is 11.0. The molecular weight excluding hydrogens is 472 g/mol. The van der Waals surface area contributed by atoms with Gasteiger partial charge in [-0.3, -0.25) is 9.20 Å². The average Bonchev–Trinajstić information content (AvgIpc) is 3.26. The zero-order chi connectivity index (χ0) is 24.5. The maximum atomic E-state index is 11.8. The summed E-state index contributed by atoms with van der Waals surface area (Å²) in [5.41, 5.74) is 2.72. The van der Waals surface area contributed by atoms with Gasteiger partial charge < -0.3 is 24.8 Å². The Morgan fingerprint density at radius 1 is 1.23 bits per heavy atom. The second kappa shape index (κ2) is 9.40. The van der Waals surface area contributed by atoms with Crippen LogP contribution in [0.4, 0.5) is 11.6 Å². The molecule has 4 aromatic rings. The van der Waals surface area contributed by atoms with Gasteiger partial charge in [0.15, 0.2) is 0 Å². The van der Waals surface area contributed by atoms with E-state index < -0.39 is 6.10 Å². The van der Waals surface area contributed by atoms with E-state index in [1.165, 1.54) is 13.1 Å². The van der Waals surface area contributed by atoms with E-state index in [9.17, 15) is 9.90 Å². The molecule has 0 radical (unpaired) electrons. The number of nitrogens with one attached hydrogen (secondary N) is 1. The molecule has 5 rings (SSSR count). The number of hydrogen-bond donors (Lipinski definition) is 2. The van der Waals surface area contributed by atoms with Crippen LogP contribution in [0.2, 0.25) is 5.02 Å². The van der Waals surface area contributed by atoms with E-state index in [0.29, 0.717) is 46.9 Å². The van der Waals surface area contributed by atoms with Crippen molar-refractivity contribution < 1.29 is 19.4 Å². The fourth-order valence-electron chi connectivity index (χ4n) is 3.83. The van der Waals surface area contributed by atoms with Crippen LogP contribution < -0.4 is 14.8 Å². The standard InChI is InChI=1S/C24H23ClN6O4/c1-14(32)23(33)30-12-16(13-30)35-15-6-7-18(20(9-15)34-2)28-24-27-10-17(25)22(29-24)19-11-26-21-5-3-4-8-31(19)21/h3-11,14,16,32H,12-13H2,1-2H3,(H,27,28,29)/t14-/m1/s1. The Kier molecular flexibility index (Phi) is 6.14. The van der Waals surface area contributed by atoms with Crippen LogP contribution in [0.25, 0.3) is 17.0 Å². The minimum absolute atomic E-state index is 0.145. The molecule has 1 saturated heterocycles. The lowest BCUT2D eigenvalue weighted by Gasteiger charge is -2.39. The Hall–Kier alpha value is -3.89. The van der Waals surface area contributed by atoms with Crippen molar-refractivity contribution in [1.82, 2.24) is 24.3 Å². The quantitative estimate of drug-likeness (QED) is 0.402. The zero-order valence-corrected chi connectivity index (χ0v) is 19.8. The largest absolute Gasteiger partial charge is 0.494 e. The lowest BCUT2D eigenvalue weighted by atomic mass is 10.1. The number of ether oxygens (including phenoxy) is 2. The molecule has 0 spiro atoms. The van der Waals surface area contributed by atoms with E-state index in [1.54, 1.807) is 36.4 Å². The number of methoxy groups -OCH3 is 1. The highest BCUT2D eigenvalue weighted by molar-refractivity contribution is 6.32. The third-order valence-electron chi connectivity index (χ3n) is 5.64. The number of pyridine rings is 1. The zero-order valence-electron chi connectivity index (χ0n) is 19.1. The number of anilines is 2. The molecule has 10 nitrogen and oxygen atoms in total. The summed E-state index contributed by atoms with van der Waals surface area (Å²) < 4.78 is 13.4. The van der Waals surface area contributed by atoms with Crippen molar-refractivity contribution in [2.24, 2.45) is 0 Å². The first kappa shape index (κ1) is 22.9. The van der Waals surface area contributed by atoms with Crippen molar-refractivity contribution in [3.8, 4) is 22.9 Å². The van der Waals surface area contributed by atoms with Crippen molar-refractivity contribution >= 4 is 34.8 Å². The van der Waals surface area contributed by atoms with E-state index in [0.717, 1.165) is 11.3 Å². The molecule has 1 aliphatic heterocycles. The second-order valence-corrected chi connectivity index (χ2v) is 8.52. The number of halogens is 1. The van der Waals surface area contributed by atoms with Crippen molar-refractivity contribution in [3.05, 3.63) is 60.0 Å². The summed E-state index contributed by atoms with van der Waals surface area (Å²) >= 11 is 6.41. The first-order valence-corrected chi connectivity index (χ1v) is 11.3. The van der Waals surface area contributed by atoms with Gasteiger partial charge in [0.2, 0.25) is 5.95 Å². The Labute approximate surface area is 206 Å². The third-order valence-corrected chi connectivity index (χ3v) is 5.92. The van der Waals surface area contributed by atoms with Gasteiger partial charge in [-0.15, -0.1) is 0 Å². The minimum atomic E-state index is -1.01. The molecule has 2 N–H and O–H groups in total. The summed E-state index contributed by atoms with van der Waals surface area (Å²) in [6, 6.07) is 11.1. The second-order valence-electron chi connectivity index (χ2n) is 8.11. The molecule has 35 heavy (non-hydrogen) atoms. The molecular formula is C24H23ClN6O4. The van der Waals surface area contributed by atoms with Crippen LogP contribution in [0.5, 0.6) is 11.5 Å². The molecule has 11 heteroatoms. The lowest BCUT2D eigenvalue weighted by Crippen LogP contribution is -2.58. The maximum absolute atomic E-state index is 11.8. The number of rotatable bonds is 7. The van der Waals surface area contributed by atoms with E-state index in [2.05, 4.69) is 20.3 Å². The fraction of sp³-hybridized carbons (Fsp3) is 0.250. The van der Waals surface area contributed by atoms with Crippen molar-refractivity contribution in [2.45, 2.75) is 19.1 Å². The Morgan fingerprint density at radius 2 is 2.06 bits per heavy atom. The van der Waals surface area contributed by atoms with Crippen LogP contribution in [0.3, 0.4) is 0 Å². The topological polar surface area (TPSA) is 114 Å². The average molecular weight is 495 g/mol. The molecule has 0 bridgehead atoms. The number of carbonyl (C=O) groups is 1. The van der Waals surface area contributed by atoms with E-state index in [1.807, 2.05) is 28.8 Å². The maximum Gasteiger partial charge on any atom is 0.251 e. The highest BCUT2D eigenvalue weighted by atomic mass is 35.5. The molecule has 180 valence electrons. The number of hydrogen-bond acceptors (Lipinski definition) is 8. The molecule has 1 fully saturated rings. The van der Waals surface area contributed by atoms with Gasteiger partial charge >= 0.3 is 0 Å². The van der Waals surface area contributed by atoms with E-state index in [-0.39, 0.29) is 12.0 Å². The Bertz CT molecular complexity index is 1390. The Morgan fingerprint density at radius 3 is 2.83 bits per heavy atom. The minimum Gasteiger partial charge on any atom is -0.494 e. The summed E-state index contributed by atoms with van der Waals surface area (Å²) in [5, 5.41) is 13.0. The van der Waals surface area contributed by atoms with Crippen molar-refractivity contribution in [1.29, 1.82) is 0 Å². The van der Waals surface area contributed by atoms with Crippen molar-refractivity contribution in [2.75, 3.05) is 25.5 Å². The fourth-order valence-corrected chi connectivity index (χ4v) is 4.02. The summed E-state index contributed by atoms with van der Waals surface area (Å²) in [7, 11) is 1.56. The summed E-state index contributed by atoms with van der Waals surface area (Å²) in [6.07, 6.45) is 4.00. The van der Waals surface area contributed by atoms with Gasteiger partial charge in [0.25, 0.3) is 5.91 Å². The summed E-state index contributed by atoms with van der Waals surface area (Å²) in [4.78, 5) is 26.7. The molecule has 1 amide bonds. The molecule has 0 unspecified atom stereocenters. The number of imidazole rings is 1. The first-order chi connectivity index (χ1) is 16.9. The number of fused-ring (bicyclic) bond motifs is 1. The monoisotopic (exact) mass is 494 g/mol. The molecule has 0 saturated carbocycles. The number of amides is 1. The number of aromatic nitrogens is 4. The number of aliphatic hydroxyl groups excluding tert-OH is 1. The highest BCUT2D eigenvalue weighted by Crippen LogP contribution is 2.33. The molecule has 1 aromatic carbocycles. The van der Waals surface area contributed by atoms with Crippen LogP contribution in [0.1, 0.15) is 6.92 Å². The normalized spacial score (nSPS) is 14.5. The third kappa shape index (κ3) is 4.58. The molecule has 3 aromatic heterocycles. The molecule has 4 heterocycles. The van der Waals surface area contributed by atoms with Crippen LogP contribution in [0, 0.1) is 0 Å². The van der Waals surface area contributed by atoms with Gasteiger partial charge in [-0.25, -0.2) is 15.0 Å². The molecule has 0 aliphatic carbocycles. The van der Waals surface area contributed by atoms with Crippen molar-refractivity contribution in [3.63, 3.8) is 0 Å². The summed E-state index contributed by atoms with van der Waals surface area (Å²) in [6.45, 7) is 2.31. The van der Waals surface area contributed by atoms with Crippen LogP contribution in [-0.2, 0) is 4.79 Å². The SMILES string of the molecule is COc1cc(OC2CN(C(=O)[C@@H](C)O)C2)ccc1Nc1ncc(Cl)c(-c2cnc3ccccn23)n1. The lowest BCUT2D eigenvalue weighted by molar-refractivity contribution is -0.148. The predicted octanol–water partition coefficient (Wildman–Crippen LogP) is 3.17. The Balaban J connectivity index is 1.32. The summed E-state index contributed by atoms with van der Waals surface area (Å²) in [5.74, 6) is 1.18. The highest BCUT2D eigenvalue weighted by Gasteiger charge is 2.34. The predicted molar refractivity (Wildman–Crippen MR) is 130 cm³/mol. The van der Waals surface area contributed by atoms with Gasteiger partial charge in [-0.1, -0.05) is 17.7 Å². The number of benzene rings is 1.